The van der Waals surface area contributed by atoms with Crippen molar-refractivity contribution in [3.8, 4) is 5.75 Å². The lowest BCUT2D eigenvalue weighted by molar-refractivity contribution is -0.123. The molecule has 5 rings (SSSR count). The molecular weight excluding hydrogens is 496 g/mol. The Balaban J connectivity index is 1.50. The monoisotopic (exact) mass is 523 g/mol. The van der Waals surface area contributed by atoms with E-state index in [1.807, 2.05) is 24.3 Å². The average Bonchev–Trinajstić information content (AvgIpc) is 3.43. The quantitative estimate of drug-likeness (QED) is 0.441. The molecule has 1 spiro atoms. The number of carbonyl (C=O) groups is 2. The fourth-order valence-corrected chi connectivity index (χ4v) is 6.29. The van der Waals surface area contributed by atoms with Gasteiger partial charge in [0, 0.05) is 23.5 Å². The zero-order valence-electron chi connectivity index (χ0n) is 20.8. The summed E-state index contributed by atoms with van der Waals surface area (Å²) in [6.07, 6.45) is 0. The second-order valence-corrected chi connectivity index (χ2v) is 10.7. The van der Waals surface area contributed by atoms with Crippen molar-refractivity contribution in [2.24, 2.45) is 0 Å². The molecule has 0 saturated carbocycles. The molecule has 0 aliphatic carbocycles. The van der Waals surface area contributed by atoms with Crippen LogP contribution in [0.4, 0.5) is 25.0 Å². The van der Waals surface area contributed by atoms with E-state index < -0.39 is 16.5 Å². The van der Waals surface area contributed by atoms with E-state index in [0.29, 0.717) is 46.5 Å². The summed E-state index contributed by atoms with van der Waals surface area (Å²) in [7, 11) is 1.54. The highest BCUT2D eigenvalue weighted by Gasteiger charge is 2.59. The maximum atomic E-state index is 14.1. The normalized spacial score (nSPS) is 18.6. The molecule has 0 aromatic heterocycles. The minimum Gasteiger partial charge on any atom is -0.497 e. The molecule has 0 bridgehead atoms. The third kappa shape index (κ3) is 4.31. The first-order valence-corrected chi connectivity index (χ1v) is 13.0. The number of methoxy groups -OCH3 is 1. The number of ether oxygens (including phenoxy) is 1. The zero-order valence-corrected chi connectivity index (χ0v) is 21.6. The number of urea groups is 1. The Morgan fingerprint density at radius 1 is 1.08 bits per heavy atom. The highest BCUT2D eigenvalue weighted by atomic mass is 32.2. The number of nitrogens with one attached hydrogen (secondary N) is 1. The summed E-state index contributed by atoms with van der Waals surface area (Å²) in [5.74, 6) is -0.763. The smallest absolute Gasteiger partial charge is 0.323 e. The molecule has 3 amide bonds. The lowest BCUT2D eigenvalue weighted by atomic mass is 10.0. The van der Waals surface area contributed by atoms with Gasteiger partial charge in [0.25, 0.3) is 5.91 Å². The molecule has 9 heteroatoms. The fraction of sp³-hybridized carbons (Fsp3) is 0.286. The largest absolute Gasteiger partial charge is 0.497 e. The Morgan fingerprint density at radius 2 is 1.84 bits per heavy atom. The molecule has 2 aliphatic heterocycles. The van der Waals surface area contributed by atoms with Gasteiger partial charge in [-0.25, -0.2) is 13.6 Å². The predicted octanol–water partition coefficient (Wildman–Crippen LogP) is 6.08. The third-order valence-electron chi connectivity index (χ3n) is 6.80. The van der Waals surface area contributed by atoms with Crippen molar-refractivity contribution in [3.63, 3.8) is 0 Å². The molecule has 0 unspecified atom stereocenters. The topological polar surface area (TPSA) is 61.9 Å². The summed E-state index contributed by atoms with van der Waals surface area (Å²) in [5.41, 5.74) is 3.47. The van der Waals surface area contributed by atoms with E-state index in [9.17, 15) is 18.4 Å². The maximum absolute atomic E-state index is 14.1. The summed E-state index contributed by atoms with van der Waals surface area (Å²) in [4.78, 5) is 29.4. The van der Waals surface area contributed by atoms with Crippen LogP contribution in [0.1, 0.15) is 36.5 Å². The molecule has 192 valence electrons. The maximum Gasteiger partial charge on any atom is 0.323 e. The number of anilines is 2. The lowest BCUT2D eigenvalue weighted by Gasteiger charge is -2.33. The van der Waals surface area contributed by atoms with Gasteiger partial charge in [-0.2, -0.15) is 0 Å². The van der Waals surface area contributed by atoms with Crippen molar-refractivity contribution in [1.82, 2.24) is 4.90 Å². The Bertz CT molecular complexity index is 1370. The van der Waals surface area contributed by atoms with E-state index in [0.717, 1.165) is 17.7 Å². The molecule has 37 heavy (non-hydrogen) atoms. The highest BCUT2D eigenvalue weighted by molar-refractivity contribution is 8.01. The van der Waals surface area contributed by atoms with Crippen LogP contribution in [0.2, 0.25) is 0 Å². The second-order valence-electron chi connectivity index (χ2n) is 9.37. The summed E-state index contributed by atoms with van der Waals surface area (Å²) in [5, 5.41) is 2.94. The Hall–Kier alpha value is -3.59. The number of amides is 3. The lowest BCUT2D eigenvalue weighted by Crippen LogP contribution is -2.51. The van der Waals surface area contributed by atoms with E-state index in [4.69, 9.17) is 4.74 Å². The predicted molar refractivity (Wildman–Crippen MR) is 141 cm³/mol. The van der Waals surface area contributed by atoms with Crippen LogP contribution >= 0.6 is 11.8 Å². The summed E-state index contributed by atoms with van der Waals surface area (Å²) < 4.78 is 32.9. The number of nitrogens with zero attached hydrogens (tertiary/aromatic N) is 2. The van der Waals surface area contributed by atoms with Crippen LogP contribution in [0.25, 0.3) is 0 Å². The van der Waals surface area contributed by atoms with Crippen molar-refractivity contribution in [1.29, 1.82) is 0 Å². The molecular formula is C28H27F2N3O3S. The minimum absolute atomic E-state index is 0.0315. The molecule has 1 atom stereocenters. The molecule has 0 radical (unpaired) electrons. The molecule has 1 fully saturated rings. The minimum atomic E-state index is -1.30. The van der Waals surface area contributed by atoms with Gasteiger partial charge >= 0.3 is 6.03 Å². The van der Waals surface area contributed by atoms with Gasteiger partial charge in [0.2, 0.25) is 0 Å². The van der Waals surface area contributed by atoms with Gasteiger partial charge in [-0.05, 0) is 59.5 Å². The van der Waals surface area contributed by atoms with E-state index in [2.05, 4.69) is 19.2 Å². The van der Waals surface area contributed by atoms with Crippen LogP contribution in [0.3, 0.4) is 0 Å². The number of hydrogen-bond donors (Lipinski definition) is 1. The van der Waals surface area contributed by atoms with Gasteiger partial charge in [0.05, 0.1) is 19.3 Å². The highest BCUT2D eigenvalue weighted by Crippen LogP contribution is 2.55. The molecule has 3 aromatic rings. The SMILES string of the molecule is COc1ccc2c(c1)[C@@]1(SCCN1C(=O)Nc1ccc(C(C)C)cc1)C(=O)N2Cc1ccc(F)c(F)c1. The van der Waals surface area contributed by atoms with Crippen LogP contribution in [0.5, 0.6) is 5.75 Å². The van der Waals surface area contributed by atoms with Gasteiger partial charge in [0.1, 0.15) is 5.75 Å². The van der Waals surface area contributed by atoms with E-state index in [-0.39, 0.29) is 18.5 Å². The molecule has 2 heterocycles. The van der Waals surface area contributed by atoms with Crippen LogP contribution in [-0.4, -0.2) is 36.2 Å². The number of fused-ring (bicyclic) bond motifs is 2. The molecule has 2 aliphatic rings. The van der Waals surface area contributed by atoms with Crippen molar-refractivity contribution in [3.05, 3.63) is 89.0 Å². The molecule has 6 nitrogen and oxygen atoms in total. The summed E-state index contributed by atoms with van der Waals surface area (Å²) in [6.45, 7) is 4.59. The van der Waals surface area contributed by atoms with E-state index in [1.165, 1.54) is 29.8 Å². The van der Waals surface area contributed by atoms with Gasteiger partial charge in [-0.15, -0.1) is 11.8 Å². The number of hydrogen-bond acceptors (Lipinski definition) is 4. The number of carbonyl (C=O) groups excluding carboxylic acids is 2. The van der Waals surface area contributed by atoms with Crippen LogP contribution in [0.15, 0.2) is 60.7 Å². The van der Waals surface area contributed by atoms with Gasteiger partial charge < -0.3 is 15.0 Å². The van der Waals surface area contributed by atoms with Crippen LogP contribution in [0, 0.1) is 11.6 Å². The van der Waals surface area contributed by atoms with E-state index >= 15 is 0 Å². The second kappa shape index (κ2) is 9.70. The van der Waals surface area contributed by atoms with Crippen LogP contribution in [-0.2, 0) is 16.2 Å². The summed E-state index contributed by atoms with van der Waals surface area (Å²) in [6, 6.07) is 16.1. The van der Waals surface area contributed by atoms with Crippen molar-refractivity contribution < 1.29 is 23.1 Å². The van der Waals surface area contributed by atoms with Crippen molar-refractivity contribution in [2.75, 3.05) is 29.6 Å². The Morgan fingerprint density at radius 3 is 2.51 bits per heavy atom. The molecule has 3 aromatic carbocycles. The first-order valence-electron chi connectivity index (χ1n) is 12.0. The third-order valence-corrected chi connectivity index (χ3v) is 8.22. The van der Waals surface area contributed by atoms with Crippen LogP contribution < -0.4 is 15.0 Å². The number of thioether (sulfide) groups is 1. The fourth-order valence-electron chi connectivity index (χ4n) is 4.84. The van der Waals surface area contributed by atoms with Crippen molar-refractivity contribution in [2.45, 2.75) is 31.2 Å². The van der Waals surface area contributed by atoms with E-state index in [1.54, 1.807) is 23.1 Å². The zero-order chi connectivity index (χ0) is 26.3. The molecule has 1 saturated heterocycles. The summed E-state index contributed by atoms with van der Waals surface area (Å²) >= 11 is 1.38. The Kier molecular flexibility index (Phi) is 6.58. The number of halogens is 2. The average molecular weight is 524 g/mol. The number of benzene rings is 3. The number of rotatable bonds is 5. The van der Waals surface area contributed by atoms with Gasteiger partial charge in [-0.3, -0.25) is 9.69 Å². The van der Waals surface area contributed by atoms with Gasteiger partial charge in [-0.1, -0.05) is 32.0 Å². The standard InChI is InChI=1S/C28H27F2N3O3S/c1-17(2)19-5-7-20(8-6-19)31-27(35)33-12-13-37-28(33)22-15-21(36-3)9-11-25(22)32(26(28)34)16-18-4-10-23(29)24(30)14-18/h4-11,14-15,17H,12-13,16H2,1-3H3,(H,31,35)/t28-/m1/s1. The first-order chi connectivity index (χ1) is 17.7. The van der Waals surface area contributed by atoms with Gasteiger partial charge in [0.15, 0.2) is 16.5 Å². The molecule has 1 N–H and O–H groups in total. The van der Waals surface area contributed by atoms with Crippen molar-refractivity contribution >= 4 is 35.1 Å². The first kappa shape index (κ1) is 25.1. The Labute approximate surface area is 218 Å².